The molecule has 8 heteroatoms. The molecule has 0 aliphatic heterocycles. The molecule has 162 valence electrons. The average Bonchev–Trinajstić information content (AvgIpc) is 2.42. The Hall–Kier alpha value is -0.340. The monoisotopic (exact) mass is 442 g/mol. The third-order valence-corrected chi connectivity index (χ3v) is 4.98. The topological polar surface area (TPSA) is 80.7 Å². The molecule has 0 aromatic heterocycles. The first-order valence-electron chi connectivity index (χ1n) is 8.60. The summed E-state index contributed by atoms with van der Waals surface area (Å²) in [6.07, 6.45) is 0. The summed E-state index contributed by atoms with van der Waals surface area (Å²) in [4.78, 5) is 31.3. The minimum Gasteiger partial charge on any atom is -0.480 e. The number of esters is 1. The van der Waals surface area contributed by atoms with E-state index in [4.69, 9.17) is 9.84 Å². The number of hydrogen-bond donors (Lipinski definition) is 3. The molecule has 0 aliphatic carbocycles. The molecule has 0 heterocycles. The van der Waals surface area contributed by atoms with Crippen LogP contribution in [0, 0.1) is 5.41 Å². The van der Waals surface area contributed by atoms with E-state index in [-0.39, 0.29) is 33.3 Å². The van der Waals surface area contributed by atoms with E-state index in [1.807, 2.05) is 41.5 Å². The van der Waals surface area contributed by atoms with Gasteiger partial charge in [0, 0.05) is 4.75 Å². The van der Waals surface area contributed by atoms with Crippen LogP contribution >= 0.6 is 37.0 Å². The number of ether oxygens (including phenoxy) is 1. The SMILES string of the molecule is CC(=O)CSC(C)(C)C.CC(C)(C)C(S)C(=O)O.CC(C)(C)OC(=O)CS. The van der Waals surface area contributed by atoms with Crippen LogP contribution in [0.5, 0.6) is 0 Å². The summed E-state index contributed by atoms with van der Waals surface area (Å²) < 4.78 is 5.10. The first-order valence-corrected chi connectivity index (χ1v) is 10.7. The third kappa shape index (κ3) is 28.0. The number of rotatable bonds is 4. The second kappa shape index (κ2) is 13.8. The van der Waals surface area contributed by atoms with Gasteiger partial charge in [-0.25, -0.2) is 0 Å². The largest absolute Gasteiger partial charge is 0.480 e. The number of Topliss-reactive ketones (excluding diaryl/α,β-unsaturated/α-hetero) is 1. The number of hydrogen-bond acceptors (Lipinski definition) is 7. The molecular formula is C19H38O5S3. The number of ketones is 1. The highest BCUT2D eigenvalue weighted by molar-refractivity contribution is 8.01. The Morgan fingerprint density at radius 1 is 1.00 bits per heavy atom. The predicted octanol–water partition coefficient (Wildman–Crippen LogP) is 4.78. The summed E-state index contributed by atoms with van der Waals surface area (Å²) in [5.74, 6) is -0.0765. The predicted molar refractivity (Wildman–Crippen MR) is 122 cm³/mol. The second-order valence-electron chi connectivity index (χ2n) is 8.95. The van der Waals surface area contributed by atoms with Gasteiger partial charge in [-0.15, -0.1) is 11.8 Å². The Morgan fingerprint density at radius 2 is 1.41 bits per heavy atom. The van der Waals surface area contributed by atoms with Crippen LogP contribution in [-0.4, -0.2) is 49.9 Å². The van der Waals surface area contributed by atoms with Crippen molar-refractivity contribution in [3.05, 3.63) is 0 Å². The van der Waals surface area contributed by atoms with Crippen LogP contribution in [0.25, 0.3) is 0 Å². The minimum atomic E-state index is -0.856. The molecule has 0 aliphatic rings. The van der Waals surface area contributed by atoms with Gasteiger partial charge in [-0.3, -0.25) is 14.4 Å². The standard InChI is InChI=1S/C7H14OS.2C6H12O2S/c1-6(8)5-9-7(2,3)4;1-6(2,3)8-5(7)4-9;1-6(2,3)4(9)5(7)8/h5H2,1-4H3;9H,4H2,1-3H3;4,9H,1-3H3,(H,7,8). The summed E-state index contributed by atoms with van der Waals surface area (Å²) in [6, 6.07) is 0. The van der Waals surface area contributed by atoms with Gasteiger partial charge in [0.1, 0.15) is 16.6 Å². The molecule has 0 saturated carbocycles. The minimum absolute atomic E-state index is 0.150. The molecule has 0 aromatic rings. The Labute approximate surface area is 180 Å². The van der Waals surface area contributed by atoms with Crippen LogP contribution in [0.1, 0.15) is 69.2 Å². The van der Waals surface area contributed by atoms with E-state index in [0.717, 1.165) is 0 Å². The van der Waals surface area contributed by atoms with E-state index in [1.54, 1.807) is 18.7 Å². The van der Waals surface area contributed by atoms with Gasteiger partial charge in [-0.05, 0) is 33.1 Å². The summed E-state index contributed by atoms with van der Waals surface area (Å²) in [7, 11) is 0. The number of carboxylic acids is 1. The van der Waals surface area contributed by atoms with Gasteiger partial charge in [0.05, 0.1) is 11.5 Å². The van der Waals surface area contributed by atoms with Crippen molar-refractivity contribution in [2.24, 2.45) is 5.41 Å². The zero-order valence-corrected chi connectivity index (χ0v) is 21.0. The zero-order valence-electron chi connectivity index (χ0n) is 18.4. The van der Waals surface area contributed by atoms with E-state index < -0.39 is 11.2 Å². The number of thiol groups is 2. The number of carbonyl (C=O) groups excluding carboxylic acids is 2. The van der Waals surface area contributed by atoms with Crippen LogP contribution in [0.4, 0.5) is 0 Å². The normalized spacial score (nSPS) is 12.6. The van der Waals surface area contributed by atoms with E-state index in [9.17, 15) is 14.4 Å². The molecule has 1 unspecified atom stereocenters. The van der Waals surface area contributed by atoms with Crippen molar-refractivity contribution in [2.75, 3.05) is 11.5 Å². The maximum absolute atomic E-state index is 10.5. The van der Waals surface area contributed by atoms with Gasteiger partial charge in [0.15, 0.2) is 0 Å². The second-order valence-corrected chi connectivity index (χ2v) is 11.6. The number of aliphatic carboxylic acids is 1. The van der Waals surface area contributed by atoms with E-state index in [1.165, 1.54) is 0 Å². The molecule has 1 atom stereocenters. The van der Waals surface area contributed by atoms with Crippen molar-refractivity contribution >= 4 is 54.7 Å². The molecular weight excluding hydrogens is 404 g/mol. The quantitative estimate of drug-likeness (QED) is 0.429. The van der Waals surface area contributed by atoms with Crippen molar-refractivity contribution in [3.63, 3.8) is 0 Å². The molecule has 0 aromatic carbocycles. The molecule has 1 N–H and O–H groups in total. The highest BCUT2D eigenvalue weighted by Crippen LogP contribution is 2.23. The maximum Gasteiger partial charge on any atom is 0.316 e. The van der Waals surface area contributed by atoms with Crippen molar-refractivity contribution in [1.82, 2.24) is 0 Å². The molecule has 0 saturated heterocycles. The lowest BCUT2D eigenvalue weighted by Gasteiger charge is -2.21. The molecule has 0 bridgehead atoms. The third-order valence-electron chi connectivity index (χ3n) is 2.31. The Morgan fingerprint density at radius 3 is 1.48 bits per heavy atom. The summed E-state index contributed by atoms with van der Waals surface area (Å²) in [5.41, 5.74) is -0.630. The molecule has 0 rings (SSSR count). The molecule has 0 fully saturated rings. The lowest BCUT2D eigenvalue weighted by atomic mass is 9.92. The van der Waals surface area contributed by atoms with Gasteiger partial charge >= 0.3 is 11.9 Å². The van der Waals surface area contributed by atoms with Gasteiger partial charge in [-0.1, -0.05) is 41.5 Å². The molecule has 0 radical (unpaired) electrons. The van der Waals surface area contributed by atoms with Gasteiger partial charge in [-0.2, -0.15) is 25.3 Å². The summed E-state index contributed by atoms with van der Waals surface area (Å²) in [5, 5.41) is 7.87. The van der Waals surface area contributed by atoms with Crippen LogP contribution < -0.4 is 0 Å². The summed E-state index contributed by atoms with van der Waals surface area (Å²) >= 11 is 9.35. The molecule has 0 amide bonds. The first-order chi connectivity index (χ1) is 11.7. The lowest BCUT2D eigenvalue weighted by molar-refractivity contribution is -0.151. The van der Waals surface area contributed by atoms with Gasteiger partial charge in [0.25, 0.3) is 0 Å². The van der Waals surface area contributed by atoms with E-state index in [0.29, 0.717) is 5.75 Å². The van der Waals surface area contributed by atoms with Crippen molar-refractivity contribution in [2.45, 2.75) is 84.8 Å². The zero-order chi connectivity index (χ0) is 22.6. The Balaban J connectivity index is -0.000000320. The maximum atomic E-state index is 10.5. The van der Waals surface area contributed by atoms with Crippen LogP contribution in [0.15, 0.2) is 0 Å². The number of thioether (sulfide) groups is 1. The van der Waals surface area contributed by atoms with E-state index >= 15 is 0 Å². The fourth-order valence-corrected chi connectivity index (χ4v) is 1.76. The Kier molecular flexibility index (Phi) is 16.0. The first kappa shape index (κ1) is 31.4. The molecule has 0 spiro atoms. The summed E-state index contributed by atoms with van der Waals surface area (Å²) in [6.45, 7) is 19.0. The number of carbonyl (C=O) groups is 3. The smallest absolute Gasteiger partial charge is 0.316 e. The van der Waals surface area contributed by atoms with E-state index in [2.05, 4.69) is 46.0 Å². The van der Waals surface area contributed by atoms with Crippen LogP contribution in [-0.2, 0) is 19.1 Å². The van der Waals surface area contributed by atoms with Gasteiger partial charge < -0.3 is 9.84 Å². The fourth-order valence-electron chi connectivity index (χ4n) is 1.06. The molecule has 27 heavy (non-hydrogen) atoms. The van der Waals surface area contributed by atoms with Crippen molar-refractivity contribution in [1.29, 1.82) is 0 Å². The number of carboxylic acid groups (broad SMARTS) is 1. The fraction of sp³-hybridized carbons (Fsp3) is 0.842. The average molecular weight is 443 g/mol. The highest BCUT2D eigenvalue weighted by atomic mass is 32.2. The lowest BCUT2D eigenvalue weighted by Crippen LogP contribution is -2.28. The Bertz CT molecular complexity index is 455. The van der Waals surface area contributed by atoms with Crippen molar-refractivity contribution in [3.8, 4) is 0 Å². The van der Waals surface area contributed by atoms with Crippen LogP contribution in [0.2, 0.25) is 0 Å². The molecule has 5 nitrogen and oxygen atoms in total. The van der Waals surface area contributed by atoms with Gasteiger partial charge in [0.2, 0.25) is 0 Å². The highest BCUT2D eigenvalue weighted by Gasteiger charge is 2.26. The van der Waals surface area contributed by atoms with Crippen LogP contribution in [0.3, 0.4) is 0 Å². The van der Waals surface area contributed by atoms with Crippen molar-refractivity contribution < 1.29 is 24.2 Å².